The minimum absolute atomic E-state index is 0.0576. The summed E-state index contributed by atoms with van der Waals surface area (Å²) in [6, 6.07) is 5.80. The molecule has 0 saturated heterocycles. The Balaban J connectivity index is 2.18. The van der Waals surface area contributed by atoms with Crippen LogP contribution in [0.2, 0.25) is 0 Å². The van der Waals surface area contributed by atoms with Crippen molar-refractivity contribution in [3.63, 3.8) is 0 Å². The van der Waals surface area contributed by atoms with Gasteiger partial charge in [0.15, 0.2) is 0 Å². The molecule has 0 atom stereocenters. The highest BCUT2D eigenvalue weighted by molar-refractivity contribution is 9.10. The average Bonchev–Trinajstić information content (AvgIpc) is 2.78. The molecule has 0 fully saturated rings. The Hall–Kier alpha value is -1.69. The molecule has 0 amide bonds. The minimum atomic E-state index is -0.830. The number of hydrogen-bond donors (Lipinski definition) is 1. The van der Waals surface area contributed by atoms with E-state index in [1.807, 2.05) is 39.0 Å². The number of carboxylic acids is 1. The Morgan fingerprint density at radius 1 is 1.38 bits per heavy atom. The van der Waals surface area contributed by atoms with Crippen molar-refractivity contribution in [1.82, 2.24) is 10.2 Å². The number of hydrogen-bond acceptors (Lipinski definition) is 4. The van der Waals surface area contributed by atoms with Gasteiger partial charge in [-0.05, 0) is 36.1 Å². The van der Waals surface area contributed by atoms with E-state index in [1.54, 1.807) is 0 Å². The van der Waals surface area contributed by atoms with Gasteiger partial charge in [-0.2, -0.15) is 0 Å². The van der Waals surface area contributed by atoms with E-state index in [4.69, 9.17) is 9.52 Å². The number of rotatable bonds is 5. The molecule has 5 nitrogen and oxygen atoms in total. The summed E-state index contributed by atoms with van der Waals surface area (Å²) >= 11 is 3.45. The van der Waals surface area contributed by atoms with Crippen LogP contribution in [0.3, 0.4) is 0 Å². The van der Waals surface area contributed by atoms with Crippen molar-refractivity contribution < 1.29 is 14.3 Å². The quantitative estimate of drug-likeness (QED) is 0.884. The van der Waals surface area contributed by atoms with Gasteiger partial charge in [0.05, 0.1) is 6.42 Å². The van der Waals surface area contributed by atoms with Crippen molar-refractivity contribution in [2.75, 3.05) is 0 Å². The van der Waals surface area contributed by atoms with E-state index in [2.05, 4.69) is 26.1 Å². The van der Waals surface area contributed by atoms with Crippen LogP contribution >= 0.6 is 15.9 Å². The van der Waals surface area contributed by atoms with Gasteiger partial charge in [0.1, 0.15) is 0 Å². The van der Waals surface area contributed by atoms with Gasteiger partial charge in [0, 0.05) is 16.5 Å². The van der Waals surface area contributed by atoms with Crippen molar-refractivity contribution >= 4 is 21.9 Å². The first-order valence-electron chi connectivity index (χ1n) is 6.57. The van der Waals surface area contributed by atoms with E-state index in [-0.39, 0.29) is 6.42 Å². The van der Waals surface area contributed by atoms with Crippen LogP contribution in [0, 0.1) is 12.3 Å². The van der Waals surface area contributed by atoms with Gasteiger partial charge in [-0.3, -0.25) is 4.79 Å². The monoisotopic (exact) mass is 352 g/mol. The summed E-state index contributed by atoms with van der Waals surface area (Å²) in [5, 5.41) is 17.0. The van der Waals surface area contributed by atoms with Gasteiger partial charge in [-0.1, -0.05) is 29.8 Å². The maximum absolute atomic E-state index is 10.8. The molecule has 2 rings (SSSR count). The van der Waals surface area contributed by atoms with Crippen LogP contribution in [0.15, 0.2) is 27.1 Å². The Bertz CT molecular complexity index is 665. The van der Waals surface area contributed by atoms with Crippen LogP contribution in [0.5, 0.6) is 0 Å². The number of aryl methyl sites for hydroxylation is 1. The Morgan fingerprint density at radius 2 is 2.10 bits per heavy atom. The molecule has 6 heteroatoms. The van der Waals surface area contributed by atoms with Crippen LogP contribution in [0.4, 0.5) is 0 Å². The molecule has 0 spiro atoms. The lowest BCUT2D eigenvalue weighted by Crippen LogP contribution is -2.19. The molecule has 1 N–H and O–H groups in total. The van der Waals surface area contributed by atoms with Crippen molar-refractivity contribution in [2.45, 2.75) is 33.6 Å². The van der Waals surface area contributed by atoms with E-state index >= 15 is 0 Å². The lowest BCUT2D eigenvalue weighted by molar-refractivity contribution is -0.139. The van der Waals surface area contributed by atoms with Crippen molar-refractivity contribution in [1.29, 1.82) is 0 Å². The highest BCUT2D eigenvalue weighted by atomic mass is 79.9. The molecule has 0 bridgehead atoms. The molecule has 1 aromatic heterocycles. The molecule has 0 unspecified atom stereocenters. The summed E-state index contributed by atoms with van der Waals surface area (Å²) in [4.78, 5) is 10.8. The Morgan fingerprint density at radius 3 is 2.71 bits per heavy atom. The fraction of sp³-hybridized carbons (Fsp3) is 0.400. The normalized spacial score (nSPS) is 11.6. The number of carbonyl (C=O) groups is 1. The van der Waals surface area contributed by atoms with E-state index in [0.29, 0.717) is 18.2 Å². The molecule has 0 aliphatic heterocycles. The third-order valence-electron chi connectivity index (χ3n) is 3.13. The predicted octanol–water partition coefficient (Wildman–Crippen LogP) is 3.85. The second-order valence-corrected chi connectivity index (χ2v) is 6.73. The lowest BCUT2D eigenvalue weighted by Gasteiger charge is -2.19. The smallest absolute Gasteiger partial charge is 0.303 e. The molecule has 0 radical (unpaired) electrons. The summed E-state index contributed by atoms with van der Waals surface area (Å²) in [6.07, 6.45) is 0.490. The lowest BCUT2D eigenvalue weighted by atomic mass is 9.86. The Kier molecular flexibility index (Phi) is 4.46. The third-order valence-corrected chi connectivity index (χ3v) is 4.02. The minimum Gasteiger partial charge on any atom is -0.481 e. The number of halogens is 1. The van der Waals surface area contributed by atoms with Crippen molar-refractivity contribution in [3.8, 4) is 11.5 Å². The maximum atomic E-state index is 10.8. The van der Waals surface area contributed by atoms with Gasteiger partial charge in [-0.15, -0.1) is 10.2 Å². The molecule has 0 saturated carbocycles. The molecule has 1 heterocycles. The largest absolute Gasteiger partial charge is 0.481 e. The molecular weight excluding hydrogens is 336 g/mol. The number of carboxylic acid groups (broad SMARTS) is 1. The maximum Gasteiger partial charge on any atom is 0.303 e. The van der Waals surface area contributed by atoms with Crippen molar-refractivity contribution in [2.24, 2.45) is 5.41 Å². The average molecular weight is 353 g/mol. The molecule has 112 valence electrons. The molecule has 21 heavy (non-hydrogen) atoms. The van der Waals surface area contributed by atoms with Crippen molar-refractivity contribution in [3.05, 3.63) is 34.1 Å². The van der Waals surface area contributed by atoms with E-state index in [0.717, 1.165) is 15.6 Å². The zero-order chi connectivity index (χ0) is 15.6. The third kappa shape index (κ3) is 4.14. The summed E-state index contributed by atoms with van der Waals surface area (Å²) in [7, 11) is 0. The van der Waals surface area contributed by atoms with Gasteiger partial charge >= 0.3 is 5.97 Å². The zero-order valence-corrected chi connectivity index (χ0v) is 13.8. The van der Waals surface area contributed by atoms with Gasteiger partial charge in [-0.25, -0.2) is 0 Å². The van der Waals surface area contributed by atoms with Gasteiger partial charge in [0.2, 0.25) is 11.8 Å². The summed E-state index contributed by atoms with van der Waals surface area (Å²) in [5.41, 5.74) is 1.51. The van der Waals surface area contributed by atoms with E-state index < -0.39 is 11.4 Å². The first-order valence-corrected chi connectivity index (χ1v) is 7.37. The van der Waals surface area contributed by atoms with Crippen LogP contribution in [0.1, 0.15) is 31.7 Å². The van der Waals surface area contributed by atoms with E-state index in [1.165, 1.54) is 0 Å². The fourth-order valence-electron chi connectivity index (χ4n) is 2.10. The number of nitrogens with zero attached hydrogens (tertiary/aromatic N) is 2. The number of benzene rings is 1. The molecule has 2 aromatic rings. The highest BCUT2D eigenvalue weighted by Crippen LogP contribution is 2.28. The molecule has 0 aliphatic carbocycles. The first kappa shape index (κ1) is 15.7. The fourth-order valence-corrected chi connectivity index (χ4v) is 2.35. The molecule has 1 aromatic carbocycles. The SMILES string of the molecule is Cc1cc(-c2nnc(CC(C)(C)CC(=O)O)o2)ccc1Br. The summed E-state index contributed by atoms with van der Waals surface area (Å²) < 4.78 is 6.67. The second kappa shape index (κ2) is 5.97. The number of aliphatic carboxylic acids is 1. The second-order valence-electron chi connectivity index (χ2n) is 5.88. The number of aromatic nitrogens is 2. The van der Waals surface area contributed by atoms with Crippen LogP contribution < -0.4 is 0 Å². The topological polar surface area (TPSA) is 76.2 Å². The van der Waals surface area contributed by atoms with E-state index in [9.17, 15) is 4.79 Å². The van der Waals surface area contributed by atoms with Crippen LogP contribution in [0.25, 0.3) is 11.5 Å². The van der Waals surface area contributed by atoms with Crippen LogP contribution in [-0.2, 0) is 11.2 Å². The predicted molar refractivity (Wildman–Crippen MR) is 81.9 cm³/mol. The molecule has 0 aliphatic rings. The zero-order valence-electron chi connectivity index (χ0n) is 12.2. The summed E-state index contributed by atoms with van der Waals surface area (Å²) in [6.45, 7) is 5.73. The standard InChI is InChI=1S/C15H17BrN2O3/c1-9-6-10(4-5-11(9)16)14-18-17-12(21-14)7-15(2,3)8-13(19)20/h4-6H,7-8H2,1-3H3,(H,19,20). The van der Waals surface area contributed by atoms with Gasteiger partial charge < -0.3 is 9.52 Å². The molecular formula is C15H17BrN2O3. The first-order chi connectivity index (χ1) is 9.77. The van der Waals surface area contributed by atoms with Gasteiger partial charge in [0.25, 0.3) is 0 Å². The Labute approximate surface area is 131 Å². The summed E-state index contributed by atoms with van der Waals surface area (Å²) in [5.74, 6) is 0.0758. The van der Waals surface area contributed by atoms with Crippen LogP contribution in [-0.4, -0.2) is 21.3 Å². The highest BCUT2D eigenvalue weighted by Gasteiger charge is 2.25.